The molecule has 1 aliphatic rings. The van der Waals surface area contributed by atoms with Crippen LogP contribution in [0, 0.1) is 0 Å². The highest BCUT2D eigenvalue weighted by molar-refractivity contribution is 5.78. The summed E-state index contributed by atoms with van der Waals surface area (Å²) in [4.78, 5) is 19.1. The molecule has 2 N–H and O–H groups in total. The largest absolute Gasteiger partial charge is 0.492 e. The maximum atomic E-state index is 12.8. The molecule has 0 aliphatic heterocycles. The van der Waals surface area contributed by atoms with Crippen molar-refractivity contribution in [2.45, 2.75) is 38.1 Å². The van der Waals surface area contributed by atoms with Crippen molar-refractivity contribution in [3.05, 3.63) is 36.8 Å². The van der Waals surface area contributed by atoms with Crippen molar-refractivity contribution in [3.63, 3.8) is 0 Å². The molecule has 2 aromatic rings. The molecule has 0 saturated heterocycles. The average molecular weight is 386 g/mol. The van der Waals surface area contributed by atoms with E-state index in [1.165, 1.54) is 19.3 Å². The molecule has 0 radical (unpaired) electrons. The maximum absolute atomic E-state index is 12.8. The number of aromatic nitrogens is 2. The van der Waals surface area contributed by atoms with Crippen molar-refractivity contribution in [1.82, 2.24) is 19.8 Å². The van der Waals surface area contributed by atoms with E-state index in [0.717, 1.165) is 29.8 Å². The third-order valence-electron chi connectivity index (χ3n) is 5.19. The Bertz CT molecular complexity index is 756. The van der Waals surface area contributed by atoms with E-state index < -0.39 is 0 Å². The molecule has 3 rings (SSSR count). The molecule has 1 fully saturated rings. The normalized spacial score (nSPS) is 14.8. The second kappa shape index (κ2) is 10.2. The van der Waals surface area contributed by atoms with Crippen LogP contribution in [-0.2, 0) is 0 Å². The van der Waals surface area contributed by atoms with Crippen LogP contribution in [0.2, 0.25) is 0 Å². The van der Waals surface area contributed by atoms with Gasteiger partial charge in [-0.3, -0.25) is 4.57 Å². The third kappa shape index (κ3) is 5.33. The van der Waals surface area contributed by atoms with Crippen molar-refractivity contribution in [3.8, 4) is 17.0 Å². The lowest BCUT2D eigenvalue weighted by Gasteiger charge is -2.31. The van der Waals surface area contributed by atoms with Gasteiger partial charge in [-0.2, -0.15) is 0 Å². The first-order chi connectivity index (χ1) is 13.7. The Labute approximate surface area is 166 Å². The molecule has 7 heteroatoms. The van der Waals surface area contributed by atoms with Crippen molar-refractivity contribution in [2.24, 2.45) is 0 Å². The standard InChI is InChI=1S/C21H30N4O3/c1-24(18-7-3-2-4-8-18)21(27)25-15-20(23-16-25)17-6-5-9-19(14-17)28-13-11-22-10-12-26/h5-6,9,14-16,18,22,26H,2-4,7-8,10-13H2,1H3. The Morgan fingerprint density at radius 3 is 2.93 bits per heavy atom. The Morgan fingerprint density at radius 1 is 1.32 bits per heavy atom. The van der Waals surface area contributed by atoms with E-state index in [9.17, 15) is 4.79 Å². The SMILES string of the molecule is CN(C(=O)n1cnc(-c2cccc(OCCNCCO)c2)c1)C1CCCCC1. The van der Waals surface area contributed by atoms with Gasteiger partial charge in [0.25, 0.3) is 0 Å². The Hall–Kier alpha value is -2.38. The van der Waals surface area contributed by atoms with Gasteiger partial charge in [-0.05, 0) is 25.0 Å². The molecular weight excluding hydrogens is 356 g/mol. The molecule has 1 aromatic carbocycles. The number of carbonyl (C=O) groups is 1. The van der Waals surface area contributed by atoms with E-state index in [4.69, 9.17) is 9.84 Å². The summed E-state index contributed by atoms with van der Waals surface area (Å²) in [5, 5.41) is 11.8. The van der Waals surface area contributed by atoms with Gasteiger partial charge in [-0.1, -0.05) is 31.4 Å². The number of hydrogen-bond donors (Lipinski definition) is 2. The Kier molecular flexibility index (Phi) is 7.45. The number of aliphatic hydroxyl groups is 1. The summed E-state index contributed by atoms with van der Waals surface area (Å²) in [6.07, 6.45) is 9.18. The van der Waals surface area contributed by atoms with Crippen LogP contribution in [0.1, 0.15) is 32.1 Å². The number of rotatable bonds is 8. The van der Waals surface area contributed by atoms with Crippen LogP contribution < -0.4 is 10.1 Å². The number of nitrogens with one attached hydrogen (secondary N) is 1. The molecule has 152 valence electrons. The lowest BCUT2D eigenvalue weighted by molar-refractivity contribution is 0.175. The van der Waals surface area contributed by atoms with Crippen LogP contribution in [0.3, 0.4) is 0 Å². The van der Waals surface area contributed by atoms with Crippen LogP contribution in [0.25, 0.3) is 11.3 Å². The van der Waals surface area contributed by atoms with Crippen LogP contribution in [0.4, 0.5) is 4.79 Å². The zero-order valence-corrected chi connectivity index (χ0v) is 16.5. The highest BCUT2D eigenvalue weighted by atomic mass is 16.5. The average Bonchev–Trinajstić information content (AvgIpc) is 3.24. The fourth-order valence-corrected chi connectivity index (χ4v) is 3.57. The molecule has 0 bridgehead atoms. The van der Waals surface area contributed by atoms with Crippen LogP contribution in [0.5, 0.6) is 5.75 Å². The minimum absolute atomic E-state index is 0.0342. The van der Waals surface area contributed by atoms with Crippen molar-refractivity contribution >= 4 is 6.03 Å². The van der Waals surface area contributed by atoms with E-state index in [0.29, 0.717) is 25.7 Å². The number of carbonyl (C=O) groups excluding carboxylic acids is 1. The van der Waals surface area contributed by atoms with Gasteiger partial charge >= 0.3 is 6.03 Å². The molecule has 0 spiro atoms. The van der Waals surface area contributed by atoms with Gasteiger partial charge in [-0.25, -0.2) is 9.78 Å². The lowest BCUT2D eigenvalue weighted by Crippen LogP contribution is -2.40. The van der Waals surface area contributed by atoms with E-state index in [2.05, 4.69) is 10.3 Å². The summed E-state index contributed by atoms with van der Waals surface area (Å²) in [7, 11) is 1.89. The fourth-order valence-electron chi connectivity index (χ4n) is 3.57. The van der Waals surface area contributed by atoms with E-state index in [-0.39, 0.29) is 12.6 Å². The summed E-state index contributed by atoms with van der Waals surface area (Å²) in [6.45, 7) is 1.86. The van der Waals surface area contributed by atoms with Crippen LogP contribution in [0.15, 0.2) is 36.8 Å². The molecule has 1 saturated carbocycles. The maximum Gasteiger partial charge on any atom is 0.329 e. The first-order valence-corrected chi connectivity index (χ1v) is 10.0. The van der Waals surface area contributed by atoms with Gasteiger partial charge in [0.05, 0.1) is 12.3 Å². The highest BCUT2D eigenvalue weighted by Crippen LogP contribution is 2.24. The zero-order valence-electron chi connectivity index (χ0n) is 16.5. The molecule has 0 unspecified atom stereocenters. The Morgan fingerprint density at radius 2 is 2.14 bits per heavy atom. The van der Waals surface area contributed by atoms with Gasteiger partial charge in [0.2, 0.25) is 0 Å². The molecule has 7 nitrogen and oxygen atoms in total. The number of imidazole rings is 1. The summed E-state index contributed by atoms with van der Waals surface area (Å²) >= 11 is 0. The quantitative estimate of drug-likeness (QED) is 0.682. The Balaban J connectivity index is 1.61. The number of nitrogens with zero attached hydrogens (tertiary/aromatic N) is 3. The number of aliphatic hydroxyl groups excluding tert-OH is 1. The minimum Gasteiger partial charge on any atom is -0.492 e. The number of ether oxygens (including phenoxy) is 1. The van der Waals surface area contributed by atoms with Crippen molar-refractivity contribution in [1.29, 1.82) is 0 Å². The lowest BCUT2D eigenvalue weighted by atomic mass is 9.95. The van der Waals surface area contributed by atoms with Gasteiger partial charge < -0.3 is 20.1 Å². The first-order valence-electron chi connectivity index (χ1n) is 10.0. The molecule has 1 aromatic heterocycles. The zero-order chi connectivity index (χ0) is 19.8. The monoisotopic (exact) mass is 386 g/mol. The number of amides is 1. The van der Waals surface area contributed by atoms with Gasteiger partial charge in [0.1, 0.15) is 18.7 Å². The van der Waals surface area contributed by atoms with Crippen molar-refractivity contribution in [2.75, 3.05) is 33.4 Å². The van der Waals surface area contributed by atoms with Gasteiger partial charge in [0, 0.05) is 37.9 Å². The summed E-state index contributed by atoms with van der Waals surface area (Å²) in [6, 6.07) is 7.98. The first kappa shape index (κ1) is 20.4. The minimum atomic E-state index is -0.0342. The smallest absolute Gasteiger partial charge is 0.329 e. The number of benzene rings is 1. The van der Waals surface area contributed by atoms with E-state index >= 15 is 0 Å². The molecular formula is C21H30N4O3. The molecule has 1 heterocycles. The summed E-state index contributed by atoms with van der Waals surface area (Å²) in [5.74, 6) is 0.753. The number of hydrogen-bond acceptors (Lipinski definition) is 5. The second-order valence-electron chi connectivity index (χ2n) is 7.20. The highest BCUT2D eigenvalue weighted by Gasteiger charge is 2.23. The van der Waals surface area contributed by atoms with E-state index in [1.54, 1.807) is 17.1 Å². The molecule has 28 heavy (non-hydrogen) atoms. The predicted octanol–water partition coefficient (Wildman–Crippen LogP) is 2.74. The van der Waals surface area contributed by atoms with Crippen LogP contribution in [-0.4, -0.2) is 65.0 Å². The van der Waals surface area contributed by atoms with E-state index in [1.807, 2.05) is 36.2 Å². The molecule has 1 amide bonds. The van der Waals surface area contributed by atoms with Crippen LogP contribution >= 0.6 is 0 Å². The topological polar surface area (TPSA) is 79.6 Å². The van der Waals surface area contributed by atoms with Gasteiger partial charge in [-0.15, -0.1) is 0 Å². The summed E-state index contributed by atoms with van der Waals surface area (Å²) in [5.41, 5.74) is 1.65. The predicted molar refractivity (Wildman–Crippen MR) is 109 cm³/mol. The van der Waals surface area contributed by atoms with Gasteiger partial charge in [0.15, 0.2) is 0 Å². The third-order valence-corrected chi connectivity index (χ3v) is 5.19. The van der Waals surface area contributed by atoms with Crippen molar-refractivity contribution < 1.29 is 14.6 Å². The fraction of sp³-hybridized carbons (Fsp3) is 0.524. The second-order valence-corrected chi connectivity index (χ2v) is 7.20. The molecule has 1 aliphatic carbocycles. The molecule has 0 atom stereocenters. The summed E-state index contributed by atoms with van der Waals surface area (Å²) < 4.78 is 7.30.